The van der Waals surface area contributed by atoms with Gasteiger partial charge in [0.25, 0.3) is 5.91 Å². The smallest absolute Gasteiger partial charge is 0.254 e. The first-order valence-corrected chi connectivity index (χ1v) is 8.02. The van der Waals surface area contributed by atoms with Crippen LogP contribution in [-0.2, 0) is 6.61 Å². The van der Waals surface area contributed by atoms with Crippen molar-refractivity contribution >= 4 is 5.91 Å². The highest BCUT2D eigenvalue weighted by molar-refractivity contribution is 5.94. The van der Waals surface area contributed by atoms with E-state index in [1.165, 1.54) is 0 Å². The molecule has 1 fully saturated rings. The third-order valence-corrected chi connectivity index (χ3v) is 4.09. The Morgan fingerprint density at radius 3 is 2.83 bits per heavy atom. The third kappa shape index (κ3) is 3.90. The van der Waals surface area contributed by atoms with Crippen molar-refractivity contribution in [3.05, 3.63) is 65.7 Å². The molecule has 3 rings (SSSR count). The Bertz CT molecular complexity index is 657. The van der Waals surface area contributed by atoms with Crippen LogP contribution in [0.5, 0.6) is 5.75 Å². The Hall–Kier alpha value is -2.33. The largest absolute Gasteiger partial charge is 0.489 e. The highest BCUT2D eigenvalue weighted by atomic mass is 16.5. The summed E-state index contributed by atoms with van der Waals surface area (Å²) in [6.45, 7) is 5.01. The van der Waals surface area contributed by atoms with Gasteiger partial charge in [0.1, 0.15) is 12.4 Å². The molecule has 0 spiro atoms. The first-order chi connectivity index (χ1) is 11.2. The average molecular weight is 310 g/mol. The summed E-state index contributed by atoms with van der Waals surface area (Å²) >= 11 is 0. The van der Waals surface area contributed by atoms with E-state index in [0.717, 1.165) is 30.9 Å². The normalized spacial score (nSPS) is 17.8. The summed E-state index contributed by atoms with van der Waals surface area (Å²) < 4.78 is 5.81. The molecule has 0 bridgehead atoms. The molecule has 0 radical (unpaired) electrons. The van der Waals surface area contributed by atoms with Crippen LogP contribution in [0.15, 0.2) is 54.6 Å². The van der Waals surface area contributed by atoms with Crippen LogP contribution in [0.1, 0.15) is 22.8 Å². The van der Waals surface area contributed by atoms with Crippen molar-refractivity contribution in [2.75, 3.05) is 19.6 Å². The van der Waals surface area contributed by atoms with Gasteiger partial charge in [-0.15, -0.1) is 0 Å². The van der Waals surface area contributed by atoms with Crippen molar-refractivity contribution < 1.29 is 9.53 Å². The predicted octanol–water partition coefficient (Wildman–Crippen LogP) is 2.70. The van der Waals surface area contributed by atoms with Gasteiger partial charge < -0.3 is 15.0 Å². The molecule has 2 aromatic rings. The fourth-order valence-corrected chi connectivity index (χ4v) is 2.77. The van der Waals surface area contributed by atoms with Gasteiger partial charge >= 0.3 is 0 Å². The maximum Gasteiger partial charge on any atom is 0.254 e. The number of carbonyl (C=O) groups is 1. The quantitative estimate of drug-likeness (QED) is 0.944. The number of nitrogens with one attached hydrogen (secondary N) is 1. The molecule has 1 saturated heterocycles. The van der Waals surface area contributed by atoms with Gasteiger partial charge in [0.15, 0.2) is 0 Å². The number of hydrogen-bond donors (Lipinski definition) is 1. The number of benzene rings is 2. The maximum atomic E-state index is 12.7. The van der Waals surface area contributed by atoms with E-state index < -0.39 is 0 Å². The van der Waals surface area contributed by atoms with Crippen LogP contribution in [0.4, 0.5) is 0 Å². The number of carbonyl (C=O) groups excluding carboxylic acids is 1. The number of amides is 1. The molecule has 23 heavy (non-hydrogen) atoms. The zero-order chi connectivity index (χ0) is 16.1. The molecule has 1 amide bonds. The number of piperazine rings is 1. The first-order valence-electron chi connectivity index (χ1n) is 8.02. The topological polar surface area (TPSA) is 41.6 Å². The van der Waals surface area contributed by atoms with Crippen molar-refractivity contribution in [1.82, 2.24) is 10.2 Å². The van der Waals surface area contributed by atoms with Crippen LogP contribution in [-0.4, -0.2) is 36.5 Å². The van der Waals surface area contributed by atoms with Gasteiger partial charge in [-0.25, -0.2) is 0 Å². The second kappa shape index (κ2) is 7.29. The van der Waals surface area contributed by atoms with E-state index in [2.05, 4.69) is 12.2 Å². The minimum atomic E-state index is 0.0733. The molecule has 120 valence electrons. The highest BCUT2D eigenvalue weighted by Crippen LogP contribution is 2.18. The Morgan fingerprint density at radius 2 is 2.04 bits per heavy atom. The second-order valence-corrected chi connectivity index (χ2v) is 5.85. The van der Waals surface area contributed by atoms with Crippen molar-refractivity contribution in [1.29, 1.82) is 0 Å². The van der Waals surface area contributed by atoms with E-state index in [0.29, 0.717) is 12.2 Å². The molecule has 1 aliphatic heterocycles. The lowest BCUT2D eigenvalue weighted by Crippen LogP contribution is -2.52. The average Bonchev–Trinajstić information content (AvgIpc) is 2.61. The molecule has 0 aromatic heterocycles. The minimum absolute atomic E-state index is 0.0733. The molecule has 2 aromatic carbocycles. The van der Waals surface area contributed by atoms with E-state index in [9.17, 15) is 4.79 Å². The Labute approximate surface area is 137 Å². The Balaban J connectivity index is 1.68. The third-order valence-electron chi connectivity index (χ3n) is 4.09. The number of hydrogen-bond acceptors (Lipinski definition) is 3. The van der Waals surface area contributed by atoms with Gasteiger partial charge in [0.05, 0.1) is 0 Å². The summed E-state index contributed by atoms with van der Waals surface area (Å²) in [5.74, 6) is 0.798. The summed E-state index contributed by atoms with van der Waals surface area (Å²) in [5, 5.41) is 3.30. The van der Waals surface area contributed by atoms with Gasteiger partial charge in [-0.05, 0) is 30.7 Å². The van der Waals surface area contributed by atoms with Gasteiger partial charge in [-0.1, -0.05) is 36.4 Å². The number of rotatable bonds is 4. The van der Waals surface area contributed by atoms with Gasteiger partial charge in [0, 0.05) is 31.2 Å². The Morgan fingerprint density at radius 1 is 1.22 bits per heavy atom. The summed E-state index contributed by atoms with van der Waals surface area (Å²) in [7, 11) is 0. The molecule has 4 heteroatoms. The van der Waals surface area contributed by atoms with E-state index in [-0.39, 0.29) is 11.9 Å². The zero-order valence-corrected chi connectivity index (χ0v) is 13.4. The lowest BCUT2D eigenvalue weighted by atomic mass is 10.1. The molecule has 0 aliphatic carbocycles. The summed E-state index contributed by atoms with van der Waals surface area (Å²) in [4.78, 5) is 14.6. The van der Waals surface area contributed by atoms with Crippen molar-refractivity contribution in [3.8, 4) is 5.75 Å². The van der Waals surface area contributed by atoms with Crippen LogP contribution in [0, 0.1) is 0 Å². The molecular formula is C19H22N2O2. The van der Waals surface area contributed by atoms with Gasteiger partial charge in [-0.2, -0.15) is 0 Å². The van der Waals surface area contributed by atoms with Crippen molar-refractivity contribution in [3.63, 3.8) is 0 Å². The first kappa shape index (κ1) is 15.6. The van der Waals surface area contributed by atoms with E-state index >= 15 is 0 Å². The molecule has 0 unspecified atom stereocenters. The fraction of sp³-hybridized carbons (Fsp3) is 0.316. The molecule has 4 nitrogen and oxygen atoms in total. The number of nitrogens with zero attached hydrogens (tertiary/aromatic N) is 1. The predicted molar refractivity (Wildman–Crippen MR) is 90.6 cm³/mol. The van der Waals surface area contributed by atoms with Crippen LogP contribution >= 0.6 is 0 Å². The van der Waals surface area contributed by atoms with Crippen molar-refractivity contribution in [2.45, 2.75) is 19.6 Å². The SMILES string of the molecule is C[C@H]1CNCCN1C(=O)c1cccc(OCc2ccccc2)c1. The van der Waals surface area contributed by atoms with Crippen molar-refractivity contribution in [2.24, 2.45) is 0 Å². The summed E-state index contributed by atoms with van der Waals surface area (Å²) in [6, 6.07) is 17.7. The summed E-state index contributed by atoms with van der Waals surface area (Å²) in [6.07, 6.45) is 0. The van der Waals surface area contributed by atoms with Crippen LogP contribution in [0.3, 0.4) is 0 Å². The number of ether oxygens (including phenoxy) is 1. The van der Waals surface area contributed by atoms with Crippen LogP contribution in [0.2, 0.25) is 0 Å². The second-order valence-electron chi connectivity index (χ2n) is 5.85. The van der Waals surface area contributed by atoms with Crippen LogP contribution in [0.25, 0.3) is 0 Å². The minimum Gasteiger partial charge on any atom is -0.489 e. The molecule has 1 aliphatic rings. The molecule has 1 N–H and O–H groups in total. The monoisotopic (exact) mass is 310 g/mol. The van der Waals surface area contributed by atoms with E-state index in [1.54, 1.807) is 0 Å². The van der Waals surface area contributed by atoms with Gasteiger partial charge in [-0.3, -0.25) is 4.79 Å². The molecular weight excluding hydrogens is 288 g/mol. The maximum absolute atomic E-state index is 12.7. The molecule has 0 saturated carbocycles. The summed E-state index contributed by atoms with van der Waals surface area (Å²) in [5.41, 5.74) is 1.80. The highest BCUT2D eigenvalue weighted by Gasteiger charge is 2.24. The van der Waals surface area contributed by atoms with Gasteiger partial charge in [0.2, 0.25) is 0 Å². The fourth-order valence-electron chi connectivity index (χ4n) is 2.77. The molecule has 1 atom stereocenters. The zero-order valence-electron chi connectivity index (χ0n) is 13.4. The Kier molecular flexibility index (Phi) is 4.93. The van der Waals surface area contributed by atoms with Crippen LogP contribution < -0.4 is 10.1 Å². The lowest BCUT2D eigenvalue weighted by molar-refractivity contribution is 0.0655. The van der Waals surface area contributed by atoms with E-state index in [4.69, 9.17) is 4.74 Å². The molecule has 1 heterocycles. The van der Waals surface area contributed by atoms with E-state index in [1.807, 2.05) is 59.5 Å². The standard InChI is InChI=1S/C19H22N2O2/c1-15-13-20-10-11-21(15)19(22)17-8-5-9-18(12-17)23-14-16-6-3-2-4-7-16/h2-9,12,15,20H,10-11,13-14H2,1H3/t15-/m0/s1. The lowest BCUT2D eigenvalue weighted by Gasteiger charge is -2.34.